The van der Waals surface area contributed by atoms with E-state index in [1.807, 2.05) is 0 Å². The highest BCUT2D eigenvalue weighted by atomic mass is 32.2. The second kappa shape index (κ2) is 7.97. The summed E-state index contributed by atoms with van der Waals surface area (Å²) in [7, 11) is -3.67. The summed E-state index contributed by atoms with van der Waals surface area (Å²) in [6, 6.07) is 13.5. The fraction of sp³-hybridized carbons (Fsp3) is 0.158. The van der Waals surface area contributed by atoms with Gasteiger partial charge in [0.25, 0.3) is 0 Å². The third kappa shape index (κ3) is 4.58. The van der Waals surface area contributed by atoms with Gasteiger partial charge in [0.05, 0.1) is 16.0 Å². The normalized spacial score (nSPS) is 13.1. The van der Waals surface area contributed by atoms with E-state index in [0.29, 0.717) is 5.57 Å². The molecule has 0 spiro atoms. The molecule has 0 unspecified atom stereocenters. The number of hydrogen-bond donors (Lipinski definition) is 1. The molecule has 0 amide bonds. The maximum atomic E-state index is 12.4. The molecule has 0 bridgehead atoms. The van der Waals surface area contributed by atoms with E-state index in [-0.39, 0.29) is 16.0 Å². The number of carboxylic acid groups (broad SMARTS) is 1. The van der Waals surface area contributed by atoms with Crippen molar-refractivity contribution in [1.82, 2.24) is 0 Å². The van der Waals surface area contributed by atoms with Crippen molar-refractivity contribution in [3.05, 3.63) is 76.7 Å². The first-order valence-electron chi connectivity index (χ1n) is 7.74. The van der Waals surface area contributed by atoms with E-state index >= 15 is 0 Å². The van der Waals surface area contributed by atoms with Gasteiger partial charge in [-0.15, -0.1) is 0 Å². The molecule has 1 N–H and O–H groups in total. The summed E-state index contributed by atoms with van der Waals surface area (Å²) in [6.45, 7) is 3.05. The van der Waals surface area contributed by atoms with Crippen molar-refractivity contribution in [1.29, 1.82) is 0 Å². The van der Waals surface area contributed by atoms with Gasteiger partial charge in [0.15, 0.2) is 9.84 Å². The lowest BCUT2D eigenvalue weighted by Crippen LogP contribution is -2.19. The summed E-state index contributed by atoms with van der Waals surface area (Å²) in [5.74, 6) is -2.08. The topological polar surface area (TPSA) is 97.7 Å². The van der Waals surface area contributed by atoms with E-state index in [1.165, 1.54) is 50.2 Å². The lowest BCUT2D eigenvalue weighted by atomic mass is 10.1. The standard InChI is InChI=1S/C19H18O6S/c1-13(12-26(23,24)15-8-4-3-5-9-15)14(2)25-19(22)17-11-7-6-10-16(17)18(20)21/h3-12,14H,1-2H3,(H,20,21)/b13-12+/t14-/m0/s1. The second-order valence-electron chi connectivity index (χ2n) is 5.62. The van der Waals surface area contributed by atoms with Gasteiger partial charge in [0.1, 0.15) is 6.10 Å². The number of esters is 1. The Morgan fingerprint density at radius 3 is 2.12 bits per heavy atom. The van der Waals surface area contributed by atoms with Crippen LogP contribution in [0.3, 0.4) is 0 Å². The van der Waals surface area contributed by atoms with Crippen LogP contribution in [-0.2, 0) is 14.6 Å². The smallest absolute Gasteiger partial charge is 0.339 e. The molecular formula is C19H18O6S. The van der Waals surface area contributed by atoms with E-state index in [2.05, 4.69) is 0 Å². The third-order valence-corrected chi connectivity index (χ3v) is 5.33. The molecule has 0 aliphatic heterocycles. The van der Waals surface area contributed by atoms with E-state index in [9.17, 15) is 18.0 Å². The Labute approximate surface area is 151 Å². The predicted octanol–water partition coefficient (Wildman–Crippen LogP) is 3.31. The summed E-state index contributed by atoms with van der Waals surface area (Å²) in [5, 5.41) is 10.2. The quantitative estimate of drug-likeness (QED) is 0.779. The maximum absolute atomic E-state index is 12.4. The highest BCUT2D eigenvalue weighted by Crippen LogP contribution is 2.18. The van der Waals surface area contributed by atoms with Crippen LogP contribution in [0.1, 0.15) is 34.6 Å². The molecule has 1 atom stereocenters. The molecule has 2 rings (SSSR count). The number of carbonyl (C=O) groups is 2. The highest BCUT2D eigenvalue weighted by Gasteiger charge is 2.21. The van der Waals surface area contributed by atoms with E-state index < -0.39 is 27.9 Å². The lowest BCUT2D eigenvalue weighted by molar-refractivity contribution is 0.0399. The van der Waals surface area contributed by atoms with E-state index in [1.54, 1.807) is 18.2 Å². The van der Waals surface area contributed by atoms with Gasteiger partial charge in [0.2, 0.25) is 0 Å². The molecular weight excluding hydrogens is 356 g/mol. The molecule has 0 heterocycles. The third-order valence-electron chi connectivity index (χ3n) is 3.72. The number of aromatic carboxylic acids is 1. The van der Waals surface area contributed by atoms with Gasteiger partial charge in [-0.2, -0.15) is 0 Å². The number of carboxylic acids is 1. The van der Waals surface area contributed by atoms with E-state index in [0.717, 1.165) is 5.41 Å². The zero-order valence-electron chi connectivity index (χ0n) is 14.2. The maximum Gasteiger partial charge on any atom is 0.339 e. The fourth-order valence-electron chi connectivity index (χ4n) is 2.18. The summed E-state index contributed by atoms with van der Waals surface area (Å²) in [6.07, 6.45) is -0.845. The molecule has 26 heavy (non-hydrogen) atoms. The predicted molar refractivity (Wildman–Crippen MR) is 95.7 cm³/mol. The monoisotopic (exact) mass is 374 g/mol. The van der Waals surface area contributed by atoms with Crippen molar-refractivity contribution in [2.45, 2.75) is 24.8 Å². The average molecular weight is 374 g/mol. The van der Waals surface area contributed by atoms with Crippen LogP contribution in [0.4, 0.5) is 0 Å². The highest BCUT2D eigenvalue weighted by molar-refractivity contribution is 7.94. The first-order valence-corrected chi connectivity index (χ1v) is 9.28. The number of hydrogen-bond acceptors (Lipinski definition) is 5. The Kier molecular flexibility index (Phi) is 5.94. The minimum atomic E-state index is -3.67. The van der Waals surface area contributed by atoms with Crippen LogP contribution in [0.25, 0.3) is 0 Å². The Morgan fingerprint density at radius 1 is 1.00 bits per heavy atom. The Morgan fingerprint density at radius 2 is 1.54 bits per heavy atom. The second-order valence-corrected chi connectivity index (χ2v) is 7.42. The number of ether oxygens (including phenoxy) is 1. The van der Waals surface area contributed by atoms with Crippen molar-refractivity contribution in [2.24, 2.45) is 0 Å². The van der Waals surface area contributed by atoms with Crippen molar-refractivity contribution >= 4 is 21.8 Å². The average Bonchev–Trinajstić information content (AvgIpc) is 2.62. The van der Waals surface area contributed by atoms with Crippen LogP contribution in [0.15, 0.2) is 70.5 Å². The SMILES string of the molecule is C/C(=C\S(=O)(=O)c1ccccc1)[C@H](C)OC(=O)c1ccccc1C(=O)O. The van der Waals surface area contributed by atoms with Gasteiger partial charge in [0, 0.05) is 5.41 Å². The van der Waals surface area contributed by atoms with Crippen molar-refractivity contribution < 1.29 is 27.9 Å². The molecule has 0 aliphatic carbocycles. The minimum absolute atomic E-state index is 0.0921. The number of rotatable bonds is 6. The van der Waals surface area contributed by atoms with Crippen molar-refractivity contribution in [3.63, 3.8) is 0 Å². The van der Waals surface area contributed by atoms with Gasteiger partial charge in [-0.05, 0) is 43.7 Å². The van der Waals surface area contributed by atoms with Crippen molar-refractivity contribution in [2.75, 3.05) is 0 Å². The molecule has 0 radical (unpaired) electrons. The first kappa shape index (κ1) is 19.4. The van der Waals surface area contributed by atoms with Crippen LogP contribution in [0.2, 0.25) is 0 Å². The zero-order chi connectivity index (χ0) is 19.3. The van der Waals surface area contributed by atoms with Crippen LogP contribution in [0, 0.1) is 0 Å². The van der Waals surface area contributed by atoms with Crippen molar-refractivity contribution in [3.8, 4) is 0 Å². The molecule has 136 valence electrons. The minimum Gasteiger partial charge on any atom is -0.478 e. The molecule has 0 aromatic heterocycles. The first-order chi connectivity index (χ1) is 12.2. The molecule has 2 aromatic rings. The van der Waals surface area contributed by atoms with Crippen LogP contribution < -0.4 is 0 Å². The largest absolute Gasteiger partial charge is 0.478 e. The summed E-state index contributed by atoms with van der Waals surface area (Å²) < 4.78 is 29.9. The van der Waals surface area contributed by atoms with Crippen LogP contribution in [0.5, 0.6) is 0 Å². The molecule has 0 saturated heterocycles. The lowest BCUT2D eigenvalue weighted by Gasteiger charge is -2.15. The summed E-state index contributed by atoms with van der Waals surface area (Å²) in [4.78, 5) is 23.6. The van der Waals surface area contributed by atoms with Gasteiger partial charge in [-0.1, -0.05) is 30.3 Å². The van der Waals surface area contributed by atoms with Gasteiger partial charge in [-0.3, -0.25) is 0 Å². The zero-order valence-corrected chi connectivity index (χ0v) is 15.1. The van der Waals surface area contributed by atoms with Gasteiger partial charge in [-0.25, -0.2) is 18.0 Å². The van der Waals surface area contributed by atoms with E-state index in [4.69, 9.17) is 9.84 Å². The Balaban J connectivity index is 2.21. The van der Waals surface area contributed by atoms with Crippen LogP contribution in [-0.4, -0.2) is 31.6 Å². The summed E-state index contributed by atoms with van der Waals surface area (Å²) in [5.41, 5.74) is 0.0452. The molecule has 0 saturated carbocycles. The molecule has 7 heteroatoms. The number of sulfone groups is 1. The number of benzene rings is 2. The number of carbonyl (C=O) groups excluding carboxylic acids is 1. The van der Waals surface area contributed by atoms with Gasteiger partial charge >= 0.3 is 11.9 Å². The van der Waals surface area contributed by atoms with Gasteiger partial charge < -0.3 is 9.84 Å². The Bertz CT molecular complexity index is 945. The molecule has 0 aliphatic rings. The Hall–Kier alpha value is -2.93. The summed E-state index contributed by atoms with van der Waals surface area (Å²) >= 11 is 0. The molecule has 0 fully saturated rings. The van der Waals surface area contributed by atoms with Crippen LogP contribution >= 0.6 is 0 Å². The molecule has 2 aromatic carbocycles. The molecule has 6 nitrogen and oxygen atoms in total. The fourth-order valence-corrected chi connectivity index (χ4v) is 3.54.